The van der Waals surface area contributed by atoms with Crippen LogP contribution in [-0.2, 0) is 20.0 Å². The average Bonchev–Trinajstić information content (AvgIpc) is 1.97. The van der Waals surface area contributed by atoms with Gasteiger partial charge in [0.15, 0.2) is 10.0 Å². The third-order valence-electron chi connectivity index (χ3n) is 1.56. The highest BCUT2D eigenvalue weighted by Gasteiger charge is 2.24. The van der Waals surface area contributed by atoms with Crippen molar-refractivity contribution in [3.8, 4) is 0 Å². The van der Waals surface area contributed by atoms with Gasteiger partial charge in [0.2, 0.25) is 15.0 Å². The number of halogens is 2. The number of rotatable bonds is 2. The lowest BCUT2D eigenvalue weighted by molar-refractivity contribution is 0.480. The fraction of sp³-hybridized carbons (Fsp3) is 0.333. The largest absolute Gasteiger partial charge is 0.299 e. The SMILES string of the molecule is Cc1nc(S(C)(=O)=O)nc(Cl)c1S(=O)(=O)O.Cl. The highest BCUT2D eigenvalue weighted by Crippen LogP contribution is 2.22. The van der Waals surface area contributed by atoms with Gasteiger partial charge in [-0.05, 0) is 6.92 Å². The first kappa shape index (κ1) is 16.5. The van der Waals surface area contributed by atoms with Crippen molar-refractivity contribution in [1.29, 1.82) is 0 Å². The Kier molecular flexibility index (Phi) is 4.88. The predicted molar refractivity (Wildman–Crippen MR) is 62.0 cm³/mol. The minimum Gasteiger partial charge on any atom is -0.282 e. The summed E-state index contributed by atoms with van der Waals surface area (Å²) in [6.07, 6.45) is 0.852. The molecule has 0 saturated carbocycles. The Bertz CT molecular complexity index is 617. The molecule has 0 fully saturated rings. The topological polar surface area (TPSA) is 114 Å². The first-order chi connectivity index (χ1) is 7.03. The molecule has 17 heavy (non-hydrogen) atoms. The van der Waals surface area contributed by atoms with Crippen LogP contribution in [0.25, 0.3) is 0 Å². The van der Waals surface area contributed by atoms with Crippen molar-refractivity contribution in [3.05, 3.63) is 10.8 Å². The van der Waals surface area contributed by atoms with Crippen LogP contribution in [0.2, 0.25) is 5.15 Å². The first-order valence-corrected chi connectivity index (χ1v) is 7.46. The van der Waals surface area contributed by atoms with Crippen molar-refractivity contribution >= 4 is 44.0 Å². The minimum absolute atomic E-state index is 0. The van der Waals surface area contributed by atoms with Gasteiger partial charge in [-0.2, -0.15) is 8.42 Å². The summed E-state index contributed by atoms with van der Waals surface area (Å²) in [6, 6.07) is 0. The van der Waals surface area contributed by atoms with Crippen LogP contribution in [0.4, 0.5) is 0 Å². The summed E-state index contributed by atoms with van der Waals surface area (Å²) in [6.45, 7) is 1.20. The minimum atomic E-state index is -4.58. The second-order valence-electron chi connectivity index (χ2n) is 2.96. The molecule has 1 heterocycles. The van der Waals surface area contributed by atoms with Crippen LogP contribution in [-0.4, -0.2) is 37.6 Å². The molecule has 11 heteroatoms. The van der Waals surface area contributed by atoms with Crippen molar-refractivity contribution in [2.75, 3.05) is 6.26 Å². The second-order valence-corrected chi connectivity index (χ2v) is 6.58. The molecular weight excluding hydrogens is 315 g/mol. The quantitative estimate of drug-likeness (QED) is 0.479. The van der Waals surface area contributed by atoms with E-state index in [0.29, 0.717) is 0 Å². The Morgan fingerprint density at radius 1 is 1.18 bits per heavy atom. The van der Waals surface area contributed by atoms with E-state index in [4.69, 9.17) is 16.2 Å². The van der Waals surface area contributed by atoms with E-state index in [1.165, 1.54) is 6.92 Å². The lowest BCUT2D eigenvalue weighted by Crippen LogP contribution is -2.11. The molecule has 98 valence electrons. The van der Waals surface area contributed by atoms with Gasteiger partial charge >= 0.3 is 0 Å². The number of sulfone groups is 1. The Hall–Kier alpha value is -0.480. The lowest BCUT2D eigenvalue weighted by atomic mass is 10.5. The van der Waals surface area contributed by atoms with E-state index in [-0.39, 0.29) is 18.1 Å². The van der Waals surface area contributed by atoms with E-state index < -0.39 is 35.2 Å². The molecule has 1 aromatic heterocycles. The van der Waals surface area contributed by atoms with Crippen molar-refractivity contribution in [3.63, 3.8) is 0 Å². The highest BCUT2D eigenvalue weighted by atomic mass is 35.5. The normalized spacial score (nSPS) is 12.0. The van der Waals surface area contributed by atoms with Gasteiger partial charge in [0.1, 0.15) is 0 Å². The van der Waals surface area contributed by atoms with E-state index in [1.54, 1.807) is 0 Å². The molecule has 1 rings (SSSR count). The van der Waals surface area contributed by atoms with Gasteiger partial charge in [-0.15, -0.1) is 12.4 Å². The Morgan fingerprint density at radius 2 is 1.65 bits per heavy atom. The average molecular weight is 323 g/mol. The molecule has 1 aromatic rings. The van der Waals surface area contributed by atoms with Gasteiger partial charge in [0.05, 0.1) is 5.69 Å². The van der Waals surface area contributed by atoms with Crippen molar-refractivity contribution < 1.29 is 21.4 Å². The fourth-order valence-corrected chi connectivity index (χ4v) is 2.76. The number of hydrogen-bond donors (Lipinski definition) is 1. The number of aryl methyl sites for hydroxylation is 1. The van der Waals surface area contributed by atoms with Gasteiger partial charge in [0, 0.05) is 6.26 Å². The summed E-state index contributed by atoms with van der Waals surface area (Å²) >= 11 is 5.47. The zero-order valence-corrected chi connectivity index (χ0v) is 11.8. The molecule has 0 atom stereocenters. The molecule has 1 N–H and O–H groups in total. The Labute approximate surface area is 109 Å². The van der Waals surface area contributed by atoms with Gasteiger partial charge in [-0.3, -0.25) is 4.55 Å². The van der Waals surface area contributed by atoms with Gasteiger partial charge in [0.25, 0.3) is 10.1 Å². The Morgan fingerprint density at radius 3 is 1.94 bits per heavy atom. The van der Waals surface area contributed by atoms with Crippen LogP contribution >= 0.6 is 24.0 Å². The fourth-order valence-electron chi connectivity index (χ4n) is 0.962. The van der Waals surface area contributed by atoms with Crippen molar-refractivity contribution in [2.24, 2.45) is 0 Å². The maximum atomic E-state index is 11.1. The summed E-state index contributed by atoms with van der Waals surface area (Å²) in [5.74, 6) is 0. The molecular formula is C6H8Cl2N2O5S2. The van der Waals surface area contributed by atoms with Gasteiger partial charge < -0.3 is 0 Å². The summed E-state index contributed by atoms with van der Waals surface area (Å²) in [4.78, 5) is 6.05. The van der Waals surface area contributed by atoms with Gasteiger partial charge in [-0.1, -0.05) is 11.6 Å². The molecule has 0 spiro atoms. The van der Waals surface area contributed by atoms with Crippen LogP contribution in [0.3, 0.4) is 0 Å². The molecule has 0 unspecified atom stereocenters. The molecule has 0 aliphatic heterocycles. The predicted octanol–water partition coefficient (Wildman–Crippen LogP) is 0.510. The number of aromatic nitrogens is 2. The molecule has 0 aromatic carbocycles. The van der Waals surface area contributed by atoms with E-state index >= 15 is 0 Å². The van der Waals surface area contributed by atoms with Crippen LogP contribution in [0.1, 0.15) is 5.69 Å². The first-order valence-electron chi connectivity index (χ1n) is 3.75. The molecule has 7 nitrogen and oxygen atoms in total. The van der Waals surface area contributed by atoms with Gasteiger partial charge in [-0.25, -0.2) is 18.4 Å². The highest BCUT2D eigenvalue weighted by molar-refractivity contribution is 7.90. The molecule has 0 bridgehead atoms. The summed E-state index contributed by atoms with van der Waals surface area (Å²) in [5.41, 5.74) is -0.233. The summed E-state index contributed by atoms with van der Waals surface area (Å²) in [7, 11) is -8.27. The van der Waals surface area contributed by atoms with Crippen LogP contribution in [0.15, 0.2) is 10.1 Å². The van der Waals surface area contributed by atoms with E-state index in [9.17, 15) is 16.8 Å². The third kappa shape index (κ3) is 3.75. The van der Waals surface area contributed by atoms with Crippen LogP contribution < -0.4 is 0 Å². The number of nitrogens with zero attached hydrogens (tertiary/aromatic N) is 2. The van der Waals surface area contributed by atoms with Crippen LogP contribution in [0, 0.1) is 6.92 Å². The number of hydrogen-bond acceptors (Lipinski definition) is 6. The zero-order valence-electron chi connectivity index (χ0n) is 8.58. The monoisotopic (exact) mass is 322 g/mol. The van der Waals surface area contributed by atoms with E-state index in [1.807, 2.05) is 0 Å². The van der Waals surface area contributed by atoms with E-state index in [2.05, 4.69) is 9.97 Å². The molecule has 0 aliphatic rings. The molecule has 0 amide bonds. The third-order valence-corrected chi connectivity index (χ3v) is 3.80. The maximum absolute atomic E-state index is 11.1. The van der Waals surface area contributed by atoms with Crippen LogP contribution in [0.5, 0.6) is 0 Å². The standard InChI is InChI=1S/C6H7ClN2O5S2.ClH/c1-3-4(16(12,13)14)5(7)9-6(8-3)15(2,10)11;/h1-2H3,(H,12,13,14);1H. The second kappa shape index (κ2) is 5.02. The summed E-state index contributed by atoms with van der Waals surface area (Å²) in [5, 5.41) is -1.22. The summed E-state index contributed by atoms with van der Waals surface area (Å²) < 4.78 is 52.8. The lowest BCUT2D eigenvalue weighted by Gasteiger charge is -2.05. The Balaban J connectivity index is 0.00000256. The van der Waals surface area contributed by atoms with Crippen molar-refractivity contribution in [1.82, 2.24) is 9.97 Å². The van der Waals surface area contributed by atoms with E-state index in [0.717, 1.165) is 6.26 Å². The maximum Gasteiger partial charge on any atom is 0.299 e. The van der Waals surface area contributed by atoms with Crippen molar-refractivity contribution in [2.45, 2.75) is 17.0 Å². The molecule has 0 saturated heterocycles. The zero-order chi connectivity index (χ0) is 12.7. The smallest absolute Gasteiger partial charge is 0.282 e. The molecule has 0 aliphatic carbocycles. The molecule has 0 radical (unpaired) electrons.